The van der Waals surface area contributed by atoms with Gasteiger partial charge in [0.1, 0.15) is 0 Å². The van der Waals surface area contributed by atoms with Gasteiger partial charge in [-0.15, -0.1) is 11.8 Å². The molecule has 7 nitrogen and oxygen atoms in total. The van der Waals surface area contributed by atoms with Gasteiger partial charge in [-0.05, 0) is 65.0 Å². The van der Waals surface area contributed by atoms with E-state index in [-0.39, 0.29) is 23.5 Å². The van der Waals surface area contributed by atoms with Crippen LogP contribution in [0.3, 0.4) is 0 Å². The van der Waals surface area contributed by atoms with Crippen LogP contribution in [0.25, 0.3) is 11.8 Å². The first-order valence-electron chi connectivity index (χ1n) is 12.8. The standard InChI is InChI=1S/C31H24Br2N2O5S2/c1-4-39-30(38)25-26(18-8-6-5-7-9-18)34-31-35(27(25)19-10-12-22(41-3)13-11-19)29(37)24(42-31)15-20-14-21(32)16-23(33)28(20)40-17(2)36/h5-16,27H,4H2,1-3H3/b24-15-/t27-/m0/s1. The summed E-state index contributed by atoms with van der Waals surface area (Å²) < 4.78 is 14.2. The van der Waals surface area contributed by atoms with Gasteiger partial charge in [-0.25, -0.2) is 9.79 Å². The molecule has 0 saturated carbocycles. The maximum absolute atomic E-state index is 14.2. The first-order valence-corrected chi connectivity index (χ1v) is 16.4. The van der Waals surface area contributed by atoms with Gasteiger partial charge in [0.2, 0.25) is 0 Å². The highest BCUT2D eigenvalue weighted by Crippen LogP contribution is 2.36. The molecule has 1 aliphatic heterocycles. The number of carbonyl (C=O) groups excluding carboxylic acids is 2. The summed E-state index contributed by atoms with van der Waals surface area (Å²) >= 11 is 9.73. The first kappa shape index (κ1) is 30.2. The fraction of sp³-hybridized carbons (Fsp3) is 0.161. The third kappa shape index (κ3) is 6.10. The van der Waals surface area contributed by atoms with E-state index in [4.69, 9.17) is 14.5 Å². The molecule has 3 aromatic carbocycles. The zero-order valence-corrected chi connectivity index (χ0v) is 27.5. The van der Waals surface area contributed by atoms with Crippen molar-refractivity contribution in [3.05, 3.63) is 118 Å². The number of nitrogens with zero attached hydrogens (tertiary/aromatic N) is 2. The summed E-state index contributed by atoms with van der Waals surface area (Å²) in [6, 6.07) is 19.9. The minimum Gasteiger partial charge on any atom is -0.463 e. The van der Waals surface area contributed by atoms with E-state index in [1.165, 1.54) is 18.3 Å². The second kappa shape index (κ2) is 12.9. The topological polar surface area (TPSA) is 87.0 Å². The molecule has 0 spiro atoms. The molecule has 1 aliphatic rings. The number of ether oxygens (including phenoxy) is 2. The highest BCUT2D eigenvalue weighted by atomic mass is 79.9. The summed E-state index contributed by atoms with van der Waals surface area (Å²) in [7, 11) is 0. The maximum Gasteiger partial charge on any atom is 0.338 e. The van der Waals surface area contributed by atoms with Crippen molar-refractivity contribution in [3.8, 4) is 5.75 Å². The Morgan fingerprint density at radius 3 is 2.45 bits per heavy atom. The molecular formula is C31H24Br2N2O5S2. The van der Waals surface area contributed by atoms with Crippen LogP contribution in [0.4, 0.5) is 0 Å². The smallest absolute Gasteiger partial charge is 0.338 e. The molecule has 2 heterocycles. The number of esters is 2. The Bertz CT molecular complexity index is 1900. The Hall–Kier alpha value is -3.25. The van der Waals surface area contributed by atoms with Gasteiger partial charge in [-0.1, -0.05) is 69.7 Å². The highest BCUT2D eigenvalue weighted by Gasteiger charge is 2.35. The van der Waals surface area contributed by atoms with Crippen LogP contribution in [0.1, 0.15) is 36.6 Å². The number of hydrogen-bond donors (Lipinski definition) is 0. The zero-order valence-electron chi connectivity index (χ0n) is 22.7. The summed E-state index contributed by atoms with van der Waals surface area (Å²) in [5.74, 6) is -0.742. The van der Waals surface area contributed by atoms with Crippen LogP contribution >= 0.6 is 55.0 Å². The van der Waals surface area contributed by atoms with Gasteiger partial charge in [-0.2, -0.15) is 0 Å². The van der Waals surface area contributed by atoms with Crippen LogP contribution in [0.2, 0.25) is 0 Å². The molecule has 0 radical (unpaired) electrons. The molecular weight excluding hydrogens is 704 g/mol. The normalized spacial score (nSPS) is 14.8. The fourth-order valence-corrected chi connectivity index (χ4v) is 7.36. The quantitative estimate of drug-likeness (QED) is 0.130. The van der Waals surface area contributed by atoms with E-state index in [0.717, 1.165) is 20.5 Å². The van der Waals surface area contributed by atoms with E-state index in [0.29, 0.717) is 25.1 Å². The van der Waals surface area contributed by atoms with Crippen molar-refractivity contribution < 1.29 is 19.1 Å². The van der Waals surface area contributed by atoms with Gasteiger partial charge in [0.25, 0.3) is 5.56 Å². The van der Waals surface area contributed by atoms with Crippen molar-refractivity contribution in [2.75, 3.05) is 12.9 Å². The third-order valence-electron chi connectivity index (χ3n) is 6.37. The van der Waals surface area contributed by atoms with Crippen LogP contribution < -0.4 is 19.6 Å². The van der Waals surface area contributed by atoms with E-state index in [1.54, 1.807) is 41.5 Å². The second-order valence-electron chi connectivity index (χ2n) is 9.10. The van der Waals surface area contributed by atoms with Gasteiger partial charge in [0, 0.05) is 27.4 Å². The van der Waals surface area contributed by atoms with E-state index in [2.05, 4.69) is 31.9 Å². The molecule has 0 aliphatic carbocycles. The van der Waals surface area contributed by atoms with Crippen molar-refractivity contribution >= 4 is 78.7 Å². The van der Waals surface area contributed by atoms with E-state index < -0.39 is 18.0 Å². The zero-order chi connectivity index (χ0) is 30.0. The van der Waals surface area contributed by atoms with Crippen LogP contribution in [0.15, 0.2) is 95.9 Å². The van der Waals surface area contributed by atoms with Crippen molar-refractivity contribution in [1.29, 1.82) is 0 Å². The SMILES string of the molecule is CCOC(=O)C1=C(c2ccccc2)N=c2s/c(=C\c3cc(Br)cc(Br)c3OC(C)=O)c(=O)n2[C@H]1c1ccc(SC)cc1. The predicted molar refractivity (Wildman–Crippen MR) is 172 cm³/mol. The number of carbonyl (C=O) groups is 2. The second-order valence-corrected chi connectivity index (χ2v) is 12.8. The molecule has 214 valence electrons. The third-order valence-corrected chi connectivity index (χ3v) is 9.15. The number of rotatable bonds is 7. The largest absolute Gasteiger partial charge is 0.463 e. The summed E-state index contributed by atoms with van der Waals surface area (Å²) in [5.41, 5.74) is 2.40. The molecule has 0 N–H and O–H groups in total. The summed E-state index contributed by atoms with van der Waals surface area (Å²) in [6.45, 7) is 3.23. The lowest BCUT2D eigenvalue weighted by Crippen LogP contribution is -2.40. The van der Waals surface area contributed by atoms with Crippen molar-refractivity contribution in [2.24, 2.45) is 4.99 Å². The first-order chi connectivity index (χ1) is 20.2. The molecule has 1 atom stereocenters. The molecule has 0 unspecified atom stereocenters. The van der Waals surface area contributed by atoms with Crippen molar-refractivity contribution in [2.45, 2.75) is 24.8 Å². The Morgan fingerprint density at radius 1 is 1.10 bits per heavy atom. The summed E-state index contributed by atoms with van der Waals surface area (Å²) in [4.78, 5) is 46.0. The molecule has 0 amide bonds. The van der Waals surface area contributed by atoms with Crippen LogP contribution in [-0.4, -0.2) is 29.4 Å². The number of thioether (sulfide) groups is 1. The highest BCUT2D eigenvalue weighted by molar-refractivity contribution is 9.11. The minimum absolute atomic E-state index is 0.170. The lowest BCUT2D eigenvalue weighted by Gasteiger charge is -2.26. The van der Waals surface area contributed by atoms with Gasteiger partial charge in [-0.3, -0.25) is 14.2 Å². The number of thiazole rings is 1. The van der Waals surface area contributed by atoms with Crippen LogP contribution in [-0.2, 0) is 14.3 Å². The van der Waals surface area contributed by atoms with Crippen molar-refractivity contribution in [1.82, 2.24) is 4.57 Å². The molecule has 1 aromatic heterocycles. The van der Waals surface area contributed by atoms with Crippen LogP contribution in [0, 0.1) is 0 Å². The Labute approximate surface area is 266 Å². The number of halogens is 2. The monoisotopic (exact) mass is 726 g/mol. The number of aromatic nitrogens is 1. The molecule has 4 aromatic rings. The number of fused-ring (bicyclic) bond motifs is 1. The molecule has 0 saturated heterocycles. The Kier molecular flexibility index (Phi) is 9.32. The average molecular weight is 728 g/mol. The predicted octanol–water partition coefficient (Wildman–Crippen LogP) is 6.11. The average Bonchev–Trinajstić information content (AvgIpc) is 3.28. The Balaban J connectivity index is 1.83. The molecule has 5 rings (SSSR count). The molecule has 11 heteroatoms. The molecule has 0 bridgehead atoms. The minimum atomic E-state index is -0.782. The van der Waals surface area contributed by atoms with Crippen LogP contribution in [0.5, 0.6) is 5.75 Å². The number of benzene rings is 3. The summed E-state index contributed by atoms with van der Waals surface area (Å²) in [6.07, 6.45) is 3.65. The molecule has 42 heavy (non-hydrogen) atoms. The van der Waals surface area contributed by atoms with Gasteiger partial charge < -0.3 is 9.47 Å². The fourth-order valence-electron chi connectivity index (χ4n) is 4.62. The van der Waals surface area contributed by atoms with Gasteiger partial charge in [0.15, 0.2) is 10.6 Å². The summed E-state index contributed by atoms with van der Waals surface area (Å²) in [5, 5.41) is 0. The molecule has 0 fully saturated rings. The lowest BCUT2D eigenvalue weighted by molar-refractivity contribution is -0.139. The number of hydrogen-bond acceptors (Lipinski definition) is 8. The van der Waals surface area contributed by atoms with Crippen molar-refractivity contribution in [3.63, 3.8) is 0 Å². The van der Waals surface area contributed by atoms with E-state index in [9.17, 15) is 14.4 Å². The Morgan fingerprint density at radius 2 is 1.81 bits per heavy atom. The van der Waals surface area contributed by atoms with E-state index >= 15 is 0 Å². The lowest BCUT2D eigenvalue weighted by atomic mass is 9.93. The van der Waals surface area contributed by atoms with E-state index in [1.807, 2.05) is 60.9 Å². The van der Waals surface area contributed by atoms with Gasteiger partial charge >= 0.3 is 11.9 Å². The maximum atomic E-state index is 14.2. The van der Waals surface area contributed by atoms with Gasteiger partial charge in [0.05, 0.1) is 32.9 Å².